The molecule has 2 aromatic carbocycles. The van der Waals surface area contributed by atoms with Crippen molar-refractivity contribution in [2.75, 3.05) is 5.32 Å². The van der Waals surface area contributed by atoms with Crippen LogP contribution in [0, 0.1) is 5.82 Å². The van der Waals surface area contributed by atoms with Crippen LogP contribution in [0.5, 0.6) is 0 Å². The average molecular weight is 278 g/mol. The zero-order valence-corrected chi connectivity index (χ0v) is 11.2. The molecule has 4 heteroatoms. The maximum atomic E-state index is 12.8. The number of ketones is 1. The Morgan fingerprint density at radius 2 is 1.89 bits per heavy atom. The van der Waals surface area contributed by atoms with E-state index in [1.807, 2.05) is 0 Å². The minimum atomic E-state index is -0.264. The first kappa shape index (κ1) is 13.6. The highest BCUT2D eigenvalue weighted by atomic mass is 35.5. The number of carbonyl (C=O) groups excluding carboxylic acids is 1. The van der Waals surface area contributed by atoms with Gasteiger partial charge >= 0.3 is 0 Å². The zero-order valence-electron chi connectivity index (χ0n) is 10.4. The van der Waals surface area contributed by atoms with Crippen LogP contribution in [0.3, 0.4) is 0 Å². The van der Waals surface area contributed by atoms with E-state index in [0.29, 0.717) is 22.8 Å². The van der Waals surface area contributed by atoms with Crippen molar-refractivity contribution in [1.29, 1.82) is 0 Å². The van der Waals surface area contributed by atoms with Gasteiger partial charge in [-0.05, 0) is 42.8 Å². The molecule has 2 nitrogen and oxygen atoms in total. The maximum Gasteiger partial charge on any atom is 0.159 e. The van der Waals surface area contributed by atoms with Gasteiger partial charge in [-0.2, -0.15) is 0 Å². The van der Waals surface area contributed by atoms with E-state index in [1.54, 1.807) is 30.3 Å². The van der Waals surface area contributed by atoms with Crippen molar-refractivity contribution >= 4 is 23.1 Å². The van der Waals surface area contributed by atoms with Crippen molar-refractivity contribution < 1.29 is 9.18 Å². The van der Waals surface area contributed by atoms with Gasteiger partial charge in [-0.15, -0.1) is 0 Å². The fourth-order valence-corrected chi connectivity index (χ4v) is 1.86. The molecule has 2 aromatic rings. The predicted molar refractivity (Wildman–Crippen MR) is 75.2 cm³/mol. The first-order chi connectivity index (χ1) is 9.06. The summed E-state index contributed by atoms with van der Waals surface area (Å²) in [6.07, 6.45) is 0. The molecule has 0 radical (unpaired) electrons. The summed E-state index contributed by atoms with van der Waals surface area (Å²) in [6.45, 7) is 2.02. The van der Waals surface area contributed by atoms with E-state index in [0.717, 1.165) is 5.56 Å². The summed E-state index contributed by atoms with van der Waals surface area (Å²) in [6, 6.07) is 11.3. The van der Waals surface area contributed by atoms with Crippen molar-refractivity contribution in [3.05, 3.63) is 64.4 Å². The molecule has 0 atom stereocenters. The third-order valence-electron chi connectivity index (χ3n) is 2.77. The van der Waals surface area contributed by atoms with Crippen LogP contribution in [-0.2, 0) is 6.54 Å². The molecule has 0 aliphatic heterocycles. The van der Waals surface area contributed by atoms with Gasteiger partial charge in [0.2, 0.25) is 0 Å². The van der Waals surface area contributed by atoms with Crippen LogP contribution in [0.2, 0.25) is 5.02 Å². The molecule has 0 saturated carbocycles. The van der Waals surface area contributed by atoms with E-state index in [2.05, 4.69) is 5.32 Å². The minimum absolute atomic E-state index is 0.0125. The maximum absolute atomic E-state index is 12.8. The van der Waals surface area contributed by atoms with Crippen molar-refractivity contribution in [3.8, 4) is 0 Å². The molecule has 0 saturated heterocycles. The van der Waals surface area contributed by atoms with Gasteiger partial charge in [-0.1, -0.05) is 23.7 Å². The highest BCUT2D eigenvalue weighted by molar-refractivity contribution is 6.33. The summed E-state index contributed by atoms with van der Waals surface area (Å²) in [5, 5.41) is 3.69. The van der Waals surface area contributed by atoms with E-state index in [4.69, 9.17) is 11.6 Å². The molecule has 2 rings (SSSR count). The molecule has 0 heterocycles. The normalized spacial score (nSPS) is 10.3. The average Bonchev–Trinajstić information content (AvgIpc) is 2.39. The number of anilines is 1. The number of Topliss-reactive ketones (excluding diaryl/α,β-unsaturated/α-hetero) is 1. The molecule has 1 N–H and O–H groups in total. The molecule has 98 valence electrons. The van der Waals surface area contributed by atoms with Gasteiger partial charge in [-0.25, -0.2) is 4.39 Å². The van der Waals surface area contributed by atoms with Gasteiger partial charge in [0.1, 0.15) is 5.82 Å². The molecule has 0 unspecified atom stereocenters. The molecule has 0 fully saturated rings. The molecular formula is C15H13ClFNO. The van der Waals surface area contributed by atoms with Crippen LogP contribution in [0.15, 0.2) is 42.5 Å². The van der Waals surface area contributed by atoms with Crippen molar-refractivity contribution in [2.24, 2.45) is 0 Å². The van der Waals surface area contributed by atoms with Crippen LogP contribution >= 0.6 is 11.6 Å². The number of nitrogens with one attached hydrogen (secondary N) is 1. The summed E-state index contributed by atoms with van der Waals surface area (Å²) in [5.74, 6) is -0.276. The first-order valence-electron chi connectivity index (χ1n) is 5.85. The first-order valence-corrected chi connectivity index (χ1v) is 6.23. The number of hydrogen-bond acceptors (Lipinski definition) is 2. The van der Waals surface area contributed by atoms with Crippen LogP contribution in [0.25, 0.3) is 0 Å². The Balaban J connectivity index is 2.12. The van der Waals surface area contributed by atoms with Gasteiger partial charge in [0, 0.05) is 12.1 Å². The Kier molecular flexibility index (Phi) is 4.17. The van der Waals surface area contributed by atoms with E-state index < -0.39 is 0 Å². The number of rotatable bonds is 4. The predicted octanol–water partition coefficient (Wildman–Crippen LogP) is 4.29. The Morgan fingerprint density at radius 3 is 2.53 bits per heavy atom. The van der Waals surface area contributed by atoms with Gasteiger partial charge in [0.15, 0.2) is 5.78 Å². The van der Waals surface area contributed by atoms with Crippen molar-refractivity contribution in [1.82, 2.24) is 0 Å². The molecule has 0 aliphatic rings. The molecule has 0 aliphatic carbocycles. The second-order valence-electron chi connectivity index (χ2n) is 4.23. The molecule has 19 heavy (non-hydrogen) atoms. The van der Waals surface area contributed by atoms with Crippen molar-refractivity contribution in [2.45, 2.75) is 13.5 Å². The molecule has 0 spiro atoms. The summed E-state index contributed by atoms with van der Waals surface area (Å²) in [7, 11) is 0. The topological polar surface area (TPSA) is 29.1 Å². The van der Waals surface area contributed by atoms with Gasteiger partial charge < -0.3 is 5.32 Å². The number of carbonyl (C=O) groups is 1. The Morgan fingerprint density at radius 1 is 1.21 bits per heavy atom. The Hall–Kier alpha value is -1.87. The van der Waals surface area contributed by atoms with Crippen LogP contribution in [-0.4, -0.2) is 5.78 Å². The van der Waals surface area contributed by atoms with Gasteiger partial charge in [-0.3, -0.25) is 4.79 Å². The molecular weight excluding hydrogens is 265 g/mol. The van der Waals surface area contributed by atoms with Gasteiger partial charge in [0.05, 0.1) is 10.7 Å². The number of benzene rings is 2. The number of halogens is 2. The lowest BCUT2D eigenvalue weighted by atomic mass is 10.1. The standard InChI is InChI=1S/C15H13ClFNO/c1-10(19)12-4-7-14(16)15(8-12)18-9-11-2-5-13(17)6-3-11/h2-8,18H,9H2,1H3. The van der Waals surface area contributed by atoms with E-state index >= 15 is 0 Å². The fourth-order valence-electron chi connectivity index (χ4n) is 1.68. The van der Waals surface area contributed by atoms with E-state index in [1.165, 1.54) is 19.1 Å². The molecule has 0 bridgehead atoms. The summed E-state index contributed by atoms with van der Waals surface area (Å²) in [4.78, 5) is 11.3. The summed E-state index contributed by atoms with van der Waals surface area (Å²) < 4.78 is 12.8. The molecule has 0 aromatic heterocycles. The zero-order chi connectivity index (χ0) is 13.8. The Labute approximate surface area is 116 Å². The highest BCUT2D eigenvalue weighted by Crippen LogP contribution is 2.24. The summed E-state index contributed by atoms with van der Waals surface area (Å²) >= 11 is 6.06. The fraction of sp³-hybridized carbons (Fsp3) is 0.133. The lowest BCUT2D eigenvalue weighted by Gasteiger charge is -2.09. The lowest BCUT2D eigenvalue weighted by Crippen LogP contribution is -2.02. The minimum Gasteiger partial charge on any atom is -0.380 e. The van der Waals surface area contributed by atoms with Crippen molar-refractivity contribution in [3.63, 3.8) is 0 Å². The van der Waals surface area contributed by atoms with Crippen LogP contribution < -0.4 is 5.32 Å². The third-order valence-corrected chi connectivity index (χ3v) is 3.10. The largest absolute Gasteiger partial charge is 0.380 e. The third kappa shape index (κ3) is 3.55. The van der Waals surface area contributed by atoms with Gasteiger partial charge in [0.25, 0.3) is 0 Å². The quantitative estimate of drug-likeness (QED) is 0.845. The monoisotopic (exact) mass is 277 g/mol. The smallest absolute Gasteiger partial charge is 0.159 e. The summed E-state index contributed by atoms with van der Waals surface area (Å²) in [5.41, 5.74) is 2.23. The molecule has 0 amide bonds. The second kappa shape index (κ2) is 5.85. The highest BCUT2D eigenvalue weighted by Gasteiger charge is 2.05. The number of hydrogen-bond donors (Lipinski definition) is 1. The van der Waals surface area contributed by atoms with Crippen LogP contribution in [0.4, 0.5) is 10.1 Å². The lowest BCUT2D eigenvalue weighted by molar-refractivity contribution is 0.101. The Bertz CT molecular complexity index is 596. The van der Waals surface area contributed by atoms with E-state index in [-0.39, 0.29) is 11.6 Å². The van der Waals surface area contributed by atoms with E-state index in [9.17, 15) is 9.18 Å². The van der Waals surface area contributed by atoms with Crippen LogP contribution in [0.1, 0.15) is 22.8 Å². The second-order valence-corrected chi connectivity index (χ2v) is 4.64. The SMILES string of the molecule is CC(=O)c1ccc(Cl)c(NCc2ccc(F)cc2)c1.